The first-order valence-electron chi connectivity index (χ1n) is 3.54. The van der Waals surface area contributed by atoms with Crippen molar-refractivity contribution in [2.24, 2.45) is 0 Å². The van der Waals surface area contributed by atoms with Crippen LogP contribution in [0.15, 0.2) is 21.5 Å². The summed E-state index contributed by atoms with van der Waals surface area (Å²) in [5, 5.41) is 10.6. The number of carboxylic acids is 1. The summed E-state index contributed by atoms with van der Waals surface area (Å²) < 4.78 is 21.6. The Bertz CT molecular complexity index is 425. The average molecular weight is 323 g/mol. The summed E-state index contributed by atoms with van der Waals surface area (Å²) in [6.07, 6.45) is 0. The van der Waals surface area contributed by atoms with Gasteiger partial charge >= 0.3 is 59.1 Å². The van der Waals surface area contributed by atoms with Gasteiger partial charge < -0.3 is 14.5 Å². The zero-order valence-corrected chi connectivity index (χ0v) is 15.5. The van der Waals surface area contributed by atoms with E-state index in [4.69, 9.17) is 0 Å². The van der Waals surface area contributed by atoms with Crippen molar-refractivity contribution in [1.82, 2.24) is 0 Å². The molecule has 0 amide bonds. The number of halogens is 1. The Kier molecular flexibility index (Phi) is 10.3. The molecule has 0 radical (unpaired) electrons. The first-order chi connectivity index (χ1) is 6.43. The predicted octanol–water partition coefficient (Wildman–Crippen LogP) is -5.63. The third kappa shape index (κ3) is 4.88. The number of aromatic carboxylic acids is 1. The fraction of sp³-hybridized carbons (Fsp3) is 0.125. The molecule has 0 fully saturated rings. The summed E-state index contributed by atoms with van der Waals surface area (Å²) in [5.74, 6) is -1.39. The van der Waals surface area contributed by atoms with Gasteiger partial charge in [-0.05, 0) is 35.7 Å². The number of carbonyl (C=O) groups excluding carboxylic acids is 1. The number of benzene rings is 1. The maximum absolute atomic E-state index is 10.6. The van der Waals surface area contributed by atoms with Gasteiger partial charge in [-0.3, -0.25) is 4.21 Å². The van der Waals surface area contributed by atoms with Crippen molar-refractivity contribution in [3.8, 4) is 0 Å². The summed E-state index contributed by atoms with van der Waals surface area (Å²) in [4.78, 5) is 10.5. The van der Waals surface area contributed by atoms with Crippen molar-refractivity contribution >= 4 is 33.0 Å². The molecule has 0 aliphatic heterocycles. The Morgan fingerprint density at radius 2 is 1.88 bits per heavy atom. The van der Waals surface area contributed by atoms with Gasteiger partial charge in [0.1, 0.15) is 0 Å². The van der Waals surface area contributed by atoms with E-state index in [1.54, 1.807) is 6.92 Å². The minimum atomic E-state index is -2.45. The monoisotopic (exact) mass is 322 g/mol. The van der Waals surface area contributed by atoms with Gasteiger partial charge in [0, 0.05) is 14.9 Å². The Morgan fingerprint density at radius 3 is 2.25 bits per heavy atom. The standard InChI is InChI=1S/C8H7BrO4S.2Na/c1-4-6(8(10)11)2-5(14(12)13)3-7(4)9;;/h2-3H,1H3,(H,10,11)(H,12,13);;/q;2*+1/p-2. The van der Waals surface area contributed by atoms with Crippen molar-refractivity contribution in [1.29, 1.82) is 0 Å². The van der Waals surface area contributed by atoms with Gasteiger partial charge in [-0.2, -0.15) is 0 Å². The van der Waals surface area contributed by atoms with Crippen LogP contribution in [0.2, 0.25) is 0 Å². The summed E-state index contributed by atoms with van der Waals surface area (Å²) in [6.45, 7) is 1.56. The number of carbonyl (C=O) groups is 1. The molecule has 1 aromatic carbocycles. The molecule has 0 aliphatic carbocycles. The van der Waals surface area contributed by atoms with E-state index in [-0.39, 0.29) is 69.6 Å². The van der Waals surface area contributed by atoms with E-state index in [2.05, 4.69) is 15.9 Å². The summed E-state index contributed by atoms with van der Waals surface area (Å²) in [7, 11) is 0. The number of carboxylic acid groups (broad SMARTS) is 1. The summed E-state index contributed by atoms with van der Waals surface area (Å²) in [6, 6.07) is 2.41. The molecular weight excluding hydrogens is 318 g/mol. The van der Waals surface area contributed by atoms with Gasteiger partial charge in [0.05, 0.1) is 5.97 Å². The molecule has 0 spiro atoms. The first kappa shape index (κ1) is 19.6. The van der Waals surface area contributed by atoms with Crippen LogP contribution in [0.4, 0.5) is 0 Å². The van der Waals surface area contributed by atoms with E-state index in [9.17, 15) is 18.7 Å². The van der Waals surface area contributed by atoms with E-state index in [1.165, 1.54) is 6.07 Å². The SMILES string of the molecule is Cc1c(Br)cc(S(=O)[O-])cc1C(=O)[O-].[Na+].[Na+]. The fourth-order valence-electron chi connectivity index (χ4n) is 0.962. The van der Waals surface area contributed by atoms with Gasteiger partial charge in [-0.25, -0.2) is 0 Å². The topological polar surface area (TPSA) is 80.3 Å². The van der Waals surface area contributed by atoms with E-state index in [0.29, 0.717) is 10.0 Å². The van der Waals surface area contributed by atoms with E-state index in [1.807, 2.05) is 0 Å². The molecule has 1 aromatic rings. The first-order valence-corrected chi connectivity index (χ1v) is 5.41. The normalized spacial score (nSPS) is 10.9. The third-order valence-electron chi connectivity index (χ3n) is 1.73. The Balaban J connectivity index is 0. The second-order valence-electron chi connectivity index (χ2n) is 2.60. The summed E-state index contributed by atoms with van der Waals surface area (Å²) in [5.41, 5.74) is 0.317. The van der Waals surface area contributed by atoms with Crippen LogP contribution in [-0.4, -0.2) is 14.7 Å². The molecule has 0 aromatic heterocycles. The maximum atomic E-state index is 10.6. The molecule has 0 N–H and O–H groups in total. The molecule has 4 nitrogen and oxygen atoms in total. The van der Waals surface area contributed by atoms with E-state index >= 15 is 0 Å². The second-order valence-corrected chi connectivity index (χ2v) is 4.39. The fourth-order valence-corrected chi connectivity index (χ4v) is 2.00. The van der Waals surface area contributed by atoms with Crippen LogP contribution in [0.3, 0.4) is 0 Å². The van der Waals surface area contributed by atoms with Crippen LogP contribution in [0.5, 0.6) is 0 Å². The van der Waals surface area contributed by atoms with Crippen molar-refractivity contribution < 1.29 is 77.8 Å². The quantitative estimate of drug-likeness (QED) is 0.401. The number of hydrogen-bond donors (Lipinski definition) is 0. The molecule has 16 heavy (non-hydrogen) atoms. The zero-order valence-electron chi connectivity index (χ0n) is 9.07. The van der Waals surface area contributed by atoms with Crippen molar-refractivity contribution in [3.05, 3.63) is 27.7 Å². The van der Waals surface area contributed by atoms with E-state index < -0.39 is 17.0 Å². The smallest absolute Gasteiger partial charge is 0.768 e. The average Bonchev–Trinajstić information content (AvgIpc) is 2.08. The molecular formula is C8H5BrNa2O4S. The summed E-state index contributed by atoms with van der Waals surface area (Å²) >= 11 is 0.624. The number of hydrogen-bond acceptors (Lipinski definition) is 4. The Morgan fingerprint density at radius 1 is 1.38 bits per heavy atom. The zero-order chi connectivity index (χ0) is 10.9. The van der Waals surface area contributed by atoms with Gasteiger partial charge in [0.15, 0.2) is 0 Å². The molecule has 0 saturated heterocycles. The molecule has 1 unspecified atom stereocenters. The van der Waals surface area contributed by atoms with Gasteiger partial charge in [-0.15, -0.1) is 0 Å². The van der Waals surface area contributed by atoms with Crippen LogP contribution in [0.25, 0.3) is 0 Å². The van der Waals surface area contributed by atoms with Gasteiger partial charge in [0.25, 0.3) is 0 Å². The molecule has 1 atom stereocenters. The van der Waals surface area contributed by atoms with Crippen molar-refractivity contribution in [2.75, 3.05) is 0 Å². The van der Waals surface area contributed by atoms with Crippen LogP contribution in [-0.2, 0) is 11.1 Å². The molecule has 8 heteroatoms. The Labute approximate surface area is 148 Å². The van der Waals surface area contributed by atoms with E-state index in [0.717, 1.165) is 6.07 Å². The van der Waals surface area contributed by atoms with Crippen LogP contribution >= 0.6 is 15.9 Å². The molecule has 0 bridgehead atoms. The third-order valence-corrected chi connectivity index (χ3v) is 3.17. The van der Waals surface area contributed by atoms with Gasteiger partial charge in [0.2, 0.25) is 0 Å². The predicted molar refractivity (Wildman–Crippen MR) is 50.4 cm³/mol. The molecule has 0 saturated carbocycles. The van der Waals surface area contributed by atoms with Crippen molar-refractivity contribution in [2.45, 2.75) is 11.8 Å². The minimum Gasteiger partial charge on any atom is -0.768 e. The molecule has 0 aliphatic rings. The molecule has 76 valence electrons. The van der Waals surface area contributed by atoms with Crippen LogP contribution < -0.4 is 64.2 Å². The van der Waals surface area contributed by atoms with Crippen molar-refractivity contribution in [3.63, 3.8) is 0 Å². The molecule has 0 heterocycles. The van der Waals surface area contributed by atoms with Crippen LogP contribution in [0, 0.1) is 6.92 Å². The molecule has 1 rings (SSSR count). The largest absolute Gasteiger partial charge is 1.00 e. The van der Waals surface area contributed by atoms with Gasteiger partial charge in [-0.1, -0.05) is 15.9 Å². The second kappa shape index (κ2) is 8.39. The minimum absolute atomic E-state index is 0. The maximum Gasteiger partial charge on any atom is 1.00 e. The van der Waals surface area contributed by atoms with Crippen LogP contribution in [0.1, 0.15) is 15.9 Å². The number of rotatable bonds is 2. The Hall–Kier alpha value is 1.28.